The highest BCUT2D eigenvalue weighted by Crippen LogP contribution is 2.39. The monoisotopic (exact) mass is 636 g/mol. The van der Waals surface area contributed by atoms with Crippen LogP contribution in [-0.2, 0) is 30.3 Å². The first kappa shape index (κ1) is 31.4. The van der Waals surface area contributed by atoms with Crippen LogP contribution in [0.25, 0.3) is 6.08 Å². The topological polar surface area (TPSA) is 67.3 Å². The lowest BCUT2D eigenvalue weighted by molar-refractivity contribution is -0.143. The molecule has 2 aromatic carbocycles. The van der Waals surface area contributed by atoms with Gasteiger partial charge in [-0.05, 0) is 65.4 Å². The molecule has 0 bridgehead atoms. The van der Waals surface area contributed by atoms with E-state index in [0.717, 1.165) is 25.7 Å². The van der Waals surface area contributed by atoms with Gasteiger partial charge in [0.1, 0.15) is 6.61 Å². The Morgan fingerprint density at radius 3 is 2.30 bits per heavy atom. The summed E-state index contributed by atoms with van der Waals surface area (Å²) in [6.45, 7) is 3.22. The Bertz CT molecular complexity index is 1570. The number of carbonyl (C=O) groups excluding carboxylic acids is 1. The molecular weight excluding hydrogens is 610 g/mol. The summed E-state index contributed by atoms with van der Waals surface area (Å²) in [5.74, 6) is -0.137. The Morgan fingerprint density at radius 1 is 0.909 bits per heavy atom. The molecule has 3 heterocycles. The van der Waals surface area contributed by atoms with Crippen LogP contribution in [-0.4, -0.2) is 59.1 Å². The van der Waals surface area contributed by atoms with E-state index in [1.54, 1.807) is 30.6 Å². The molecule has 0 radical (unpaired) electrons. The minimum atomic E-state index is -5.01. The van der Waals surface area contributed by atoms with E-state index in [9.17, 15) is 31.1 Å². The number of hydrogen-bond donors (Lipinski definition) is 0. The maximum atomic E-state index is 13.5. The van der Waals surface area contributed by atoms with Crippen molar-refractivity contribution >= 4 is 28.9 Å². The molecule has 0 saturated carbocycles. The average molecular weight is 637 g/mol. The third-order valence-corrected chi connectivity index (χ3v) is 8.06. The first-order chi connectivity index (χ1) is 20.9. The van der Waals surface area contributed by atoms with Gasteiger partial charge < -0.3 is 14.4 Å². The smallest absolute Gasteiger partial charge is 0.416 e. The van der Waals surface area contributed by atoms with Gasteiger partial charge in [0.05, 0.1) is 23.1 Å². The summed E-state index contributed by atoms with van der Waals surface area (Å²) in [5, 5.41) is 0.619. The third kappa shape index (κ3) is 7.53. The maximum Gasteiger partial charge on any atom is 0.416 e. The molecule has 0 atom stereocenters. The zero-order valence-corrected chi connectivity index (χ0v) is 24.1. The van der Waals surface area contributed by atoms with Crippen molar-refractivity contribution in [3.05, 3.63) is 93.6 Å². The van der Waals surface area contributed by atoms with Crippen LogP contribution in [0.1, 0.15) is 27.8 Å². The van der Waals surface area contributed by atoms with Gasteiger partial charge in [0.2, 0.25) is 0 Å². The van der Waals surface area contributed by atoms with Crippen LogP contribution >= 0.6 is 11.8 Å². The Labute approximate surface area is 253 Å². The molecule has 3 aromatic rings. The second-order valence-corrected chi connectivity index (χ2v) is 11.0. The van der Waals surface area contributed by atoms with Crippen molar-refractivity contribution in [2.24, 2.45) is 4.99 Å². The number of thioether (sulfide) groups is 1. The second-order valence-electron chi connectivity index (χ2n) is 10.00. The first-order valence-corrected chi connectivity index (χ1v) is 14.2. The van der Waals surface area contributed by atoms with E-state index in [-0.39, 0.29) is 23.5 Å². The Balaban J connectivity index is 1.22. The van der Waals surface area contributed by atoms with E-state index in [0.29, 0.717) is 34.8 Å². The molecule has 14 heteroatoms. The minimum absolute atomic E-state index is 0.0698. The maximum absolute atomic E-state index is 13.5. The number of ether oxygens (including phenoxy) is 2. The van der Waals surface area contributed by atoms with Crippen molar-refractivity contribution in [3.63, 3.8) is 0 Å². The number of hydrogen-bond acceptors (Lipinski definition) is 7. The number of alkyl halides is 6. The normalized spacial score (nSPS) is 17.2. The number of piperazine rings is 1. The average Bonchev–Trinajstić information content (AvgIpc) is 3.35. The van der Waals surface area contributed by atoms with Gasteiger partial charge in [-0.3, -0.25) is 14.7 Å². The number of aromatic nitrogens is 1. The summed E-state index contributed by atoms with van der Waals surface area (Å²) in [5.41, 5.74) is -1.56. The lowest BCUT2D eigenvalue weighted by Crippen LogP contribution is -2.47. The van der Waals surface area contributed by atoms with Gasteiger partial charge in [0.15, 0.2) is 16.7 Å². The molecule has 7 nitrogen and oxygen atoms in total. The summed E-state index contributed by atoms with van der Waals surface area (Å²) in [7, 11) is 1.34. The predicted molar refractivity (Wildman–Crippen MR) is 153 cm³/mol. The quantitative estimate of drug-likeness (QED) is 0.217. The molecule has 232 valence electrons. The Kier molecular flexibility index (Phi) is 9.20. The highest BCUT2D eigenvalue weighted by atomic mass is 32.2. The standard InChI is InChI=1S/C30H26F6N4O3S/c1-42-25-14-20(2-5-24(25)43-18-21-3-4-22(29(31,32)33)16-23(21)30(34,35)36)15-26-27(41)38-28(44-26)40-12-10-39(11-13-40)17-19-6-8-37-9-7-19/h2-9,14-16H,10-13,17-18H2,1H3/b26-15-. The van der Waals surface area contributed by atoms with E-state index in [1.807, 2.05) is 12.1 Å². The van der Waals surface area contributed by atoms with Crippen molar-refractivity contribution in [2.75, 3.05) is 33.3 Å². The number of rotatable bonds is 7. The molecule has 1 fully saturated rings. The van der Waals surface area contributed by atoms with Gasteiger partial charge in [-0.2, -0.15) is 31.3 Å². The number of aliphatic imine (C=N–C) groups is 1. The molecule has 0 spiro atoms. The molecule has 0 aliphatic carbocycles. The van der Waals surface area contributed by atoms with E-state index in [2.05, 4.69) is 19.8 Å². The van der Waals surface area contributed by atoms with E-state index >= 15 is 0 Å². The fourth-order valence-corrected chi connectivity index (χ4v) is 5.68. The molecule has 2 aliphatic heterocycles. The number of methoxy groups -OCH3 is 1. The van der Waals surface area contributed by atoms with E-state index in [1.165, 1.54) is 30.5 Å². The van der Waals surface area contributed by atoms with Crippen molar-refractivity contribution in [2.45, 2.75) is 25.5 Å². The van der Waals surface area contributed by atoms with Gasteiger partial charge in [-0.1, -0.05) is 12.1 Å². The highest BCUT2D eigenvalue weighted by Gasteiger charge is 2.38. The summed E-state index contributed by atoms with van der Waals surface area (Å²) in [6.07, 6.45) is -4.77. The second kappa shape index (κ2) is 12.9. The zero-order valence-electron chi connectivity index (χ0n) is 23.3. The number of amides is 1. The summed E-state index contributed by atoms with van der Waals surface area (Å²) < 4.78 is 90.4. The van der Waals surface area contributed by atoms with Crippen molar-refractivity contribution in [1.82, 2.24) is 14.8 Å². The van der Waals surface area contributed by atoms with Crippen LogP contribution in [0.5, 0.6) is 11.5 Å². The molecule has 1 saturated heterocycles. The summed E-state index contributed by atoms with van der Waals surface area (Å²) in [6, 6.07) is 9.95. The molecular formula is C30H26F6N4O3S. The molecule has 44 heavy (non-hydrogen) atoms. The van der Waals surface area contributed by atoms with Crippen LogP contribution in [0.3, 0.4) is 0 Å². The number of carbonyl (C=O) groups is 1. The van der Waals surface area contributed by atoms with Crippen LogP contribution in [0.4, 0.5) is 26.3 Å². The minimum Gasteiger partial charge on any atom is -0.493 e. The van der Waals surface area contributed by atoms with Crippen molar-refractivity contribution in [3.8, 4) is 11.5 Å². The van der Waals surface area contributed by atoms with Gasteiger partial charge in [-0.15, -0.1) is 0 Å². The fraction of sp³-hybridized carbons (Fsp3) is 0.300. The molecule has 1 aromatic heterocycles. The van der Waals surface area contributed by atoms with E-state index < -0.39 is 35.6 Å². The largest absolute Gasteiger partial charge is 0.493 e. The number of benzene rings is 2. The molecule has 1 amide bonds. The zero-order chi connectivity index (χ0) is 31.5. The van der Waals surface area contributed by atoms with Crippen LogP contribution < -0.4 is 9.47 Å². The first-order valence-electron chi connectivity index (χ1n) is 13.4. The number of nitrogens with zero attached hydrogens (tertiary/aromatic N) is 4. The van der Waals surface area contributed by atoms with Gasteiger partial charge in [-0.25, -0.2) is 0 Å². The molecule has 0 unspecified atom stereocenters. The Hall–Kier alpha value is -4.04. The van der Waals surface area contributed by atoms with Crippen LogP contribution in [0.2, 0.25) is 0 Å². The lowest BCUT2D eigenvalue weighted by Gasteiger charge is -2.35. The number of halogens is 6. The number of pyridine rings is 1. The summed E-state index contributed by atoms with van der Waals surface area (Å²) in [4.78, 5) is 25.7. The predicted octanol–water partition coefficient (Wildman–Crippen LogP) is 6.49. The SMILES string of the molecule is COc1cc(/C=C2\SC(N3CCN(Cc4ccncc4)CC3)=NC2=O)ccc1OCc1ccc(C(F)(F)F)cc1C(F)(F)F. The van der Waals surface area contributed by atoms with Crippen molar-refractivity contribution in [1.29, 1.82) is 0 Å². The van der Waals surface area contributed by atoms with Crippen molar-refractivity contribution < 1.29 is 40.6 Å². The Morgan fingerprint density at radius 2 is 1.64 bits per heavy atom. The van der Waals surface area contributed by atoms with Crippen LogP contribution in [0, 0.1) is 0 Å². The van der Waals surface area contributed by atoms with E-state index in [4.69, 9.17) is 9.47 Å². The fourth-order valence-electron chi connectivity index (χ4n) is 4.72. The van der Waals surface area contributed by atoms with Gasteiger partial charge in [0, 0.05) is 50.7 Å². The van der Waals surface area contributed by atoms with Crippen LogP contribution in [0.15, 0.2) is 70.8 Å². The highest BCUT2D eigenvalue weighted by molar-refractivity contribution is 8.18. The van der Waals surface area contributed by atoms with Gasteiger partial charge >= 0.3 is 12.4 Å². The number of amidine groups is 1. The van der Waals surface area contributed by atoms with Gasteiger partial charge in [0.25, 0.3) is 5.91 Å². The summed E-state index contributed by atoms with van der Waals surface area (Å²) >= 11 is 1.26. The molecule has 0 N–H and O–H groups in total. The lowest BCUT2D eigenvalue weighted by atomic mass is 10.0. The third-order valence-electron chi connectivity index (χ3n) is 7.02. The molecule has 2 aliphatic rings. The molecule has 5 rings (SSSR count).